The molecule has 12 heteroatoms. The molecular formula is C25H33N9O2S. The number of anilines is 3. The standard InChI is InChI=1S/C25H33N9O2S/c1-6-16(2)14-34(37(35,36)32(4)5)21-22(26)29-24(30-23(21)27)20-19-12-9-13-28-25(19)33(31-20)15-18-11-8-7-10-17(18)3/h7-13,16H,6,14-15H2,1-5H3,(H4,26,27,29,30). The van der Waals surface area contributed by atoms with Crippen LogP contribution in [0, 0.1) is 12.8 Å². The van der Waals surface area contributed by atoms with Crippen molar-refractivity contribution in [3.05, 3.63) is 53.7 Å². The predicted molar refractivity (Wildman–Crippen MR) is 147 cm³/mol. The Morgan fingerprint density at radius 1 is 1.05 bits per heavy atom. The van der Waals surface area contributed by atoms with Crippen molar-refractivity contribution in [2.24, 2.45) is 5.92 Å². The Kier molecular flexibility index (Phi) is 7.32. The molecule has 0 fully saturated rings. The lowest BCUT2D eigenvalue weighted by molar-refractivity contribution is 0.500. The normalized spacial score (nSPS) is 12.8. The molecule has 4 aromatic rings. The summed E-state index contributed by atoms with van der Waals surface area (Å²) in [6.07, 6.45) is 2.48. The van der Waals surface area contributed by atoms with Crippen LogP contribution in [0.2, 0.25) is 0 Å². The highest BCUT2D eigenvalue weighted by molar-refractivity contribution is 7.90. The second kappa shape index (κ2) is 10.3. The summed E-state index contributed by atoms with van der Waals surface area (Å²) in [4.78, 5) is 13.5. The van der Waals surface area contributed by atoms with E-state index in [2.05, 4.69) is 15.0 Å². The molecule has 0 saturated carbocycles. The van der Waals surface area contributed by atoms with Gasteiger partial charge in [-0.15, -0.1) is 0 Å². The molecule has 0 radical (unpaired) electrons. The van der Waals surface area contributed by atoms with Gasteiger partial charge in [0.1, 0.15) is 11.4 Å². The third-order valence-corrected chi connectivity index (χ3v) is 8.21. The largest absolute Gasteiger partial charge is 0.382 e. The number of fused-ring (bicyclic) bond motifs is 1. The van der Waals surface area contributed by atoms with E-state index in [1.807, 2.05) is 57.2 Å². The maximum atomic E-state index is 13.2. The van der Waals surface area contributed by atoms with Gasteiger partial charge in [-0.25, -0.2) is 23.9 Å². The molecule has 3 heterocycles. The number of pyridine rings is 1. The van der Waals surface area contributed by atoms with Gasteiger partial charge in [-0.2, -0.15) is 17.8 Å². The van der Waals surface area contributed by atoms with E-state index in [1.165, 1.54) is 18.4 Å². The first-order valence-electron chi connectivity index (χ1n) is 12.0. The number of hydrogen-bond acceptors (Lipinski definition) is 8. The van der Waals surface area contributed by atoms with Gasteiger partial charge in [-0.1, -0.05) is 44.5 Å². The highest BCUT2D eigenvalue weighted by Gasteiger charge is 2.31. The first-order valence-corrected chi connectivity index (χ1v) is 13.4. The van der Waals surface area contributed by atoms with Crippen molar-refractivity contribution in [1.29, 1.82) is 0 Å². The number of nitrogen functional groups attached to an aromatic ring is 2. The van der Waals surface area contributed by atoms with E-state index < -0.39 is 10.2 Å². The van der Waals surface area contributed by atoms with E-state index in [0.29, 0.717) is 17.9 Å². The lowest BCUT2D eigenvalue weighted by Crippen LogP contribution is -2.43. The monoisotopic (exact) mass is 523 g/mol. The van der Waals surface area contributed by atoms with Crippen LogP contribution in [0.25, 0.3) is 22.6 Å². The Hall–Kier alpha value is -3.77. The molecule has 11 nitrogen and oxygen atoms in total. The second-order valence-corrected chi connectivity index (χ2v) is 11.4. The fourth-order valence-electron chi connectivity index (χ4n) is 4.00. The van der Waals surface area contributed by atoms with Crippen LogP contribution in [-0.2, 0) is 16.8 Å². The van der Waals surface area contributed by atoms with Crippen molar-refractivity contribution in [2.75, 3.05) is 36.4 Å². The van der Waals surface area contributed by atoms with Crippen molar-refractivity contribution in [1.82, 2.24) is 29.0 Å². The second-order valence-electron chi connectivity index (χ2n) is 9.31. The molecule has 1 aromatic carbocycles. The molecule has 0 saturated heterocycles. The van der Waals surface area contributed by atoms with E-state index in [-0.39, 0.29) is 35.6 Å². The van der Waals surface area contributed by atoms with Crippen LogP contribution in [0.4, 0.5) is 17.3 Å². The zero-order valence-electron chi connectivity index (χ0n) is 21.8. The fraction of sp³-hybridized carbons (Fsp3) is 0.360. The SMILES string of the molecule is CCC(C)CN(c1c(N)nc(-c2nn(Cc3ccccc3C)c3ncccc23)nc1N)S(=O)(=O)N(C)C. The number of hydrogen-bond donors (Lipinski definition) is 2. The van der Waals surface area contributed by atoms with E-state index in [9.17, 15) is 8.42 Å². The van der Waals surface area contributed by atoms with E-state index in [1.54, 1.807) is 10.9 Å². The Balaban J connectivity index is 1.83. The molecule has 0 amide bonds. The maximum absolute atomic E-state index is 13.2. The number of nitrogens with zero attached hydrogens (tertiary/aromatic N) is 7. The summed E-state index contributed by atoms with van der Waals surface area (Å²) >= 11 is 0. The first-order chi connectivity index (χ1) is 17.5. The van der Waals surface area contributed by atoms with Gasteiger partial charge in [0.2, 0.25) is 0 Å². The molecule has 1 unspecified atom stereocenters. The molecule has 0 aliphatic heterocycles. The van der Waals surface area contributed by atoms with Gasteiger partial charge in [0.25, 0.3) is 0 Å². The average molecular weight is 524 g/mol. The molecule has 0 aliphatic rings. The van der Waals surface area contributed by atoms with Crippen LogP contribution >= 0.6 is 0 Å². The first kappa shape index (κ1) is 26.3. The lowest BCUT2D eigenvalue weighted by atomic mass is 10.1. The minimum Gasteiger partial charge on any atom is -0.382 e. The molecule has 1 atom stereocenters. The Morgan fingerprint density at radius 2 is 1.73 bits per heavy atom. The third kappa shape index (κ3) is 5.07. The number of nitrogens with two attached hydrogens (primary N) is 2. The summed E-state index contributed by atoms with van der Waals surface area (Å²) in [5.41, 5.74) is 16.2. The minimum absolute atomic E-state index is 0.0401. The zero-order valence-corrected chi connectivity index (χ0v) is 22.6. The molecule has 0 aliphatic carbocycles. The summed E-state index contributed by atoms with van der Waals surface area (Å²) in [6, 6.07) is 11.8. The summed E-state index contributed by atoms with van der Waals surface area (Å²) in [6.45, 7) is 6.69. The van der Waals surface area contributed by atoms with Crippen LogP contribution in [0.5, 0.6) is 0 Å². The molecule has 4 rings (SSSR count). The predicted octanol–water partition coefficient (Wildman–Crippen LogP) is 3.07. The van der Waals surface area contributed by atoms with Crippen molar-refractivity contribution in [2.45, 2.75) is 33.7 Å². The third-order valence-electron chi connectivity index (χ3n) is 6.40. The Labute approximate surface area is 217 Å². The van der Waals surface area contributed by atoms with Gasteiger partial charge in [-0.3, -0.25) is 0 Å². The Morgan fingerprint density at radius 3 is 2.35 bits per heavy atom. The van der Waals surface area contributed by atoms with Gasteiger partial charge in [-0.05, 0) is 36.1 Å². The minimum atomic E-state index is -3.89. The van der Waals surface area contributed by atoms with Gasteiger partial charge in [0, 0.05) is 26.8 Å². The summed E-state index contributed by atoms with van der Waals surface area (Å²) in [7, 11) is -0.974. The van der Waals surface area contributed by atoms with Gasteiger partial charge in [0.05, 0.1) is 11.9 Å². The maximum Gasteiger partial charge on any atom is 0.303 e. The van der Waals surface area contributed by atoms with Crippen LogP contribution in [-0.4, -0.2) is 58.1 Å². The summed E-state index contributed by atoms with van der Waals surface area (Å²) < 4.78 is 30.5. The molecule has 37 heavy (non-hydrogen) atoms. The van der Waals surface area contributed by atoms with E-state index in [4.69, 9.17) is 16.6 Å². The molecular weight excluding hydrogens is 490 g/mol. The smallest absolute Gasteiger partial charge is 0.303 e. The zero-order chi connectivity index (χ0) is 26.9. The van der Waals surface area contributed by atoms with E-state index in [0.717, 1.165) is 27.2 Å². The highest BCUT2D eigenvalue weighted by atomic mass is 32.2. The average Bonchev–Trinajstić information content (AvgIpc) is 3.22. The number of benzene rings is 1. The molecule has 0 spiro atoms. The summed E-state index contributed by atoms with van der Waals surface area (Å²) in [5, 5.41) is 5.51. The van der Waals surface area contributed by atoms with Crippen LogP contribution in [0.15, 0.2) is 42.6 Å². The number of rotatable bonds is 9. The fourth-order valence-corrected chi connectivity index (χ4v) is 5.25. The molecule has 196 valence electrons. The van der Waals surface area contributed by atoms with Gasteiger partial charge in [0.15, 0.2) is 23.1 Å². The quantitative estimate of drug-likeness (QED) is 0.340. The summed E-state index contributed by atoms with van der Waals surface area (Å²) in [5.74, 6) is 0.176. The number of aryl methyl sites for hydroxylation is 1. The van der Waals surface area contributed by atoms with Crippen LogP contribution in [0.3, 0.4) is 0 Å². The number of aromatic nitrogens is 5. The van der Waals surface area contributed by atoms with Gasteiger partial charge < -0.3 is 11.5 Å². The van der Waals surface area contributed by atoms with Crippen LogP contribution < -0.4 is 15.8 Å². The van der Waals surface area contributed by atoms with E-state index >= 15 is 0 Å². The van der Waals surface area contributed by atoms with Crippen molar-refractivity contribution >= 4 is 38.6 Å². The van der Waals surface area contributed by atoms with Gasteiger partial charge >= 0.3 is 10.2 Å². The molecule has 4 N–H and O–H groups in total. The topological polar surface area (TPSA) is 149 Å². The van der Waals surface area contributed by atoms with Crippen molar-refractivity contribution in [3.8, 4) is 11.5 Å². The van der Waals surface area contributed by atoms with Crippen molar-refractivity contribution < 1.29 is 8.42 Å². The Bertz CT molecular complexity index is 1510. The lowest BCUT2D eigenvalue weighted by Gasteiger charge is -2.30. The van der Waals surface area contributed by atoms with Crippen molar-refractivity contribution in [3.63, 3.8) is 0 Å². The molecule has 3 aromatic heterocycles. The highest BCUT2D eigenvalue weighted by Crippen LogP contribution is 2.35. The molecule has 0 bridgehead atoms. The van der Waals surface area contributed by atoms with Crippen LogP contribution in [0.1, 0.15) is 31.4 Å².